The summed E-state index contributed by atoms with van der Waals surface area (Å²) in [6, 6.07) is 13.5. The SMILES string of the molecule is COc1ccc(N2C[C@H](C(=O)Oc3ccc(N4C(=O)[C@@H]5CC[C@H](C)C[C@H]5C4=O)cc3)CC2=O)cc1. The van der Waals surface area contributed by atoms with Gasteiger partial charge in [0.1, 0.15) is 11.5 Å². The van der Waals surface area contributed by atoms with E-state index in [-0.39, 0.29) is 42.5 Å². The molecule has 2 aromatic carbocycles. The van der Waals surface area contributed by atoms with Crippen LogP contribution in [0.5, 0.6) is 11.5 Å². The number of rotatable bonds is 5. The molecule has 0 radical (unpaired) electrons. The monoisotopic (exact) mass is 476 g/mol. The minimum absolute atomic E-state index is 0.0704. The lowest BCUT2D eigenvalue weighted by molar-refractivity contribution is -0.139. The molecular weight excluding hydrogens is 448 g/mol. The molecular formula is C27H28N2O6. The quantitative estimate of drug-likeness (QED) is 0.372. The number of hydrogen-bond donors (Lipinski definition) is 0. The van der Waals surface area contributed by atoms with Gasteiger partial charge in [0.25, 0.3) is 0 Å². The Morgan fingerprint density at radius 1 is 0.857 bits per heavy atom. The highest BCUT2D eigenvalue weighted by atomic mass is 16.5. The standard InChI is InChI=1S/C27H28N2O6/c1-16-3-12-22-23(13-16)26(32)29(25(22)31)19-6-10-21(11-7-19)35-27(33)17-14-24(30)28(15-17)18-4-8-20(34-2)9-5-18/h4-11,16-17,22-23H,3,12-15H2,1-2H3/t16-,17+,22+,23+/m0/s1. The molecule has 5 rings (SSSR count). The molecule has 8 heteroatoms. The maximum atomic E-state index is 12.9. The summed E-state index contributed by atoms with van der Waals surface area (Å²) in [6.07, 6.45) is 2.52. The third-order valence-corrected chi connectivity index (χ3v) is 7.34. The number of nitrogens with zero attached hydrogens (tertiary/aromatic N) is 2. The summed E-state index contributed by atoms with van der Waals surface area (Å²) in [5.74, 6) is -0.537. The molecule has 2 aliphatic heterocycles. The van der Waals surface area contributed by atoms with Crippen molar-refractivity contribution in [3.8, 4) is 11.5 Å². The fraction of sp³-hybridized carbons (Fsp3) is 0.407. The number of methoxy groups -OCH3 is 1. The molecule has 2 aromatic rings. The topological polar surface area (TPSA) is 93.2 Å². The van der Waals surface area contributed by atoms with E-state index in [1.165, 1.54) is 4.90 Å². The van der Waals surface area contributed by atoms with Gasteiger partial charge in [0, 0.05) is 18.7 Å². The van der Waals surface area contributed by atoms with Gasteiger partial charge in [0.05, 0.1) is 30.6 Å². The number of amides is 3. The lowest BCUT2D eigenvalue weighted by Gasteiger charge is -2.25. The first kappa shape index (κ1) is 23.1. The van der Waals surface area contributed by atoms with Gasteiger partial charge in [0.2, 0.25) is 17.7 Å². The van der Waals surface area contributed by atoms with Crippen LogP contribution in [-0.2, 0) is 19.2 Å². The van der Waals surface area contributed by atoms with Crippen LogP contribution in [0, 0.1) is 23.7 Å². The third kappa shape index (κ3) is 4.29. The zero-order valence-electron chi connectivity index (χ0n) is 19.8. The van der Waals surface area contributed by atoms with Gasteiger partial charge >= 0.3 is 5.97 Å². The Morgan fingerprint density at radius 2 is 1.49 bits per heavy atom. The number of benzene rings is 2. The zero-order valence-corrected chi connectivity index (χ0v) is 19.8. The molecule has 1 saturated carbocycles. The summed E-state index contributed by atoms with van der Waals surface area (Å²) in [6.45, 7) is 2.36. The van der Waals surface area contributed by atoms with E-state index in [1.807, 2.05) is 0 Å². The van der Waals surface area contributed by atoms with Gasteiger partial charge in [-0.25, -0.2) is 0 Å². The summed E-state index contributed by atoms with van der Waals surface area (Å²) >= 11 is 0. The molecule has 2 heterocycles. The Bertz CT molecular complexity index is 1160. The second kappa shape index (κ2) is 9.17. The first-order valence-corrected chi connectivity index (χ1v) is 12.0. The van der Waals surface area contributed by atoms with Crippen LogP contribution in [-0.4, -0.2) is 37.3 Å². The van der Waals surface area contributed by atoms with Gasteiger partial charge in [0.15, 0.2) is 0 Å². The second-order valence-electron chi connectivity index (χ2n) is 9.66. The minimum Gasteiger partial charge on any atom is -0.497 e. The van der Waals surface area contributed by atoms with Crippen LogP contribution in [0.3, 0.4) is 0 Å². The highest BCUT2D eigenvalue weighted by molar-refractivity contribution is 6.22. The molecule has 0 spiro atoms. The van der Waals surface area contributed by atoms with Gasteiger partial charge in [-0.2, -0.15) is 0 Å². The van der Waals surface area contributed by atoms with Gasteiger partial charge in [-0.15, -0.1) is 0 Å². The summed E-state index contributed by atoms with van der Waals surface area (Å²) in [4.78, 5) is 53.9. The Labute approximate surface area is 203 Å². The predicted molar refractivity (Wildman–Crippen MR) is 128 cm³/mol. The fourth-order valence-corrected chi connectivity index (χ4v) is 5.38. The number of esters is 1. The highest BCUT2D eigenvalue weighted by Gasteiger charge is 2.50. The number of hydrogen-bond acceptors (Lipinski definition) is 6. The van der Waals surface area contributed by atoms with Crippen molar-refractivity contribution in [2.24, 2.45) is 23.7 Å². The number of anilines is 2. The lowest BCUT2D eigenvalue weighted by Crippen LogP contribution is -2.30. The van der Waals surface area contributed by atoms with E-state index < -0.39 is 11.9 Å². The molecule has 3 amide bonds. The Hall–Kier alpha value is -3.68. The van der Waals surface area contributed by atoms with E-state index >= 15 is 0 Å². The third-order valence-electron chi connectivity index (χ3n) is 7.34. The van der Waals surface area contributed by atoms with Crippen molar-refractivity contribution in [2.45, 2.75) is 32.6 Å². The van der Waals surface area contributed by atoms with Crippen molar-refractivity contribution < 1.29 is 28.7 Å². The first-order valence-electron chi connectivity index (χ1n) is 12.0. The van der Waals surface area contributed by atoms with Crippen molar-refractivity contribution in [3.05, 3.63) is 48.5 Å². The molecule has 35 heavy (non-hydrogen) atoms. The molecule has 0 bridgehead atoms. The molecule has 1 aliphatic carbocycles. The van der Waals surface area contributed by atoms with Crippen molar-refractivity contribution in [3.63, 3.8) is 0 Å². The molecule has 0 N–H and O–H groups in total. The summed E-state index contributed by atoms with van der Waals surface area (Å²) in [5, 5.41) is 0. The number of carbonyl (C=O) groups is 4. The maximum Gasteiger partial charge on any atom is 0.316 e. The molecule has 0 unspecified atom stereocenters. The molecule has 182 valence electrons. The molecule has 2 saturated heterocycles. The average Bonchev–Trinajstić information content (AvgIpc) is 3.37. The van der Waals surface area contributed by atoms with E-state index in [0.717, 1.165) is 19.3 Å². The van der Waals surface area contributed by atoms with Crippen LogP contribution in [0.2, 0.25) is 0 Å². The first-order chi connectivity index (χ1) is 16.9. The van der Waals surface area contributed by atoms with Crippen LogP contribution >= 0.6 is 0 Å². The number of ether oxygens (including phenoxy) is 2. The van der Waals surface area contributed by atoms with Gasteiger partial charge in [-0.1, -0.05) is 6.92 Å². The van der Waals surface area contributed by atoms with Crippen LogP contribution < -0.4 is 19.3 Å². The fourth-order valence-electron chi connectivity index (χ4n) is 5.38. The number of carbonyl (C=O) groups excluding carboxylic acids is 4. The largest absolute Gasteiger partial charge is 0.497 e. The highest BCUT2D eigenvalue weighted by Crippen LogP contribution is 2.42. The van der Waals surface area contributed by atoms with E-state index in [0.29, 0.717) is 28.8 Å². The van der Waals surface area contributed by atoms with E-state index in [1.54, 1.807) is 60.5 Å². The Morgan fingerprint density at radius 3 is 2.17 bits per heavy atom. The zero-order chi connectivity index (χ0) is 24.7. The van der Waals surface area contributed by atoms with Crippen molar-refractivity contribution in [1.29, 1.82) is 0 Å². The molecule has 3 fully saturated rings. The lowest BCUT2D eigenvalue weighted by atomic mass is 9.76. The summed E-state index contributed by atoms with van der Waals surface area (Å²) in [5.41, 5.74) is 1.19. The Kier molecular flexibility index (Phi) is 6.05. The minimum atomic E-state index is -0.587. The smallest absolute Gasteiger partial charge is 0.316 e. The average molecular weight is 477 g/mol. The van der Waals surface area contributed by atoms with Crippen LogP contribution in [0.25, 0.3) is 0 Å². The molecule has 4 atom stereocenters. The van der Waals surface area contributed by atoms with Gasteiger partial charge in [-0.05, 0) is 73.7 Å². The normalized spacial score (nSPS) is 26.2. The van der Waals surface area contributed by atoms with Crippen LogP contribution in [0.1, 0.15) is 32.6 Å². The van der Waals surface area contributed by atoms with E-state index in [9.17, 15) is 19.2 Å². The van der Waals surface area contributed by atoms with Crippen LogP contribution in [0.4, 0.5) is 11.4 Å². The number of fused-ring (bicyclic) bond motifs is 1. The van der Waals surface area contributed by atoms with Gasteiger partial charge in [-0.3, -0.25) is 24.1 Å². The van der Waals surface area contributed by atoms with Crippen molar-refractivity contribution in [1.82, 2.24) is 0 Å². The molecule has 3 aliphatic rings. The van der Waals surface area contributed by atoms with E-state index in [4.69, 9.17) is 9.47 Å². The Balaban J connectivity index is 1.23. The predicted octanol–water partition coefficient (Wildman–Crippen LogP) is 3.58. The second-order valence-corrected chi connectivity index (χ2v) is 9.66. The summed E-state index contributed by atoms with van der Waals surface area (Å²) < 4.78 is 10.7. The number of imide groups is 1. The maximum absolute atomic E-state index is 12.9. The van der Waals surface area contributed by atoms with Crippen LogP contribution in [0.15, 0.2) is 48.5 Å². The molecule has 8 nitrogen and oxygen atoms in total. The summed E-state index contributed by atoms with van der Waals surface area (Å²) in [7, 11) is 1.57. The molecule has 0 aromatic heterocycles. The van der Waals surface area contributed by atoms with Gasteiger partial charge < -0.3 is 14.4 Å². The van der Waals surface area contributed by atoms with E-state index in [2.05, 4.69) is 6.92 Å². The van der Waals surface area contributed by atoms with Crippen molar-refractivity contribution >= 4 is 35.1 Å². The van der Waals surface area contributed by atoms with Crippen molar-refractivity contribution in [2.75, 3.05) is 23.5 Å².